The van der Waals surface area contributed by atoms with Gasteiger partial charge in [-0.2, -0.15) is 13.2 Å². The highest BCUT2D eigenvalue weighted by Gasteiger charge is 2.30. The van der Waals surface area contributed by atoms with Crippen molar-refractivity contribution >= 4 is 23.1 Å². The van der Waals surface area contributed by atoms with Crippen molar-refractivity contribution in [1.29, 1.82) is 0 Å². The van der Waals surface area contributed by atoms with E-state index in [1.165, 1.54) is 25.9 Å². The topological polar surface area (TPSA) is 123 Å². The first-order valence-corrected chi connectivity index (χ1v) is 13.1. The summed E-state index contributed by atoms with van der Waals surface area (Å²) in [6, 6.07) is 11.8. The number of rotatable bonds is 11. The van der Waals surface area contributed by atoms with Gasteiger partial charge < -0.3 is 24.6 Å². The number of oxime groups is 2. The fourth-order valence-corrected chi connectivity index (χ4v) is 4.34. The number of allylic oxidation sites excluding steroid dienone is 2. The van der Waals surface area contributed by atoms with Gasteiger partial charge in [-0.25, -0.2) is 4.79 Å². The molecule has 0 saturated carbocycles. The Balaban J connectivity index is 0.00000645. The molecule has 2 aromatic rings. The summed E-state index contributed by atoms with van der Waals surface area (Å²) in [4.78, 5) is 27.2. The van der Waals surface area contributed by atoms with Crippen molar-refractivity contribution in [2.75, 3.05) is 27.9 Å². The zero-order chi connectivity index (χ0) is 30.9. The maximum absolute atomic E-state index is 13.0. The Morgan fingerprint density at radius 1 is 0.930 bits per heavy atom. The van der Waals surface area contributed by atoms with Gasteiger partial charge in [-0.05, 0) is 86.7 Å². The maximum Gasteiger partial charge on any atom is 0.416 e. The van der Waals surface area contributed by atoms with E-state index in [9.17, 15) is 18.0 Å². The summed E-state index contributed by atoms with van der Waals surface area (Å²) < 4.78 is 49.5. The molecule has 0 aliphatic heterocycles. The number of carbonyl (C=O) groups excluding carboxylic acids is 1. The predicted octanol–water partition coefficient (Wildman–Crippen LogP) is 5.87. The minimum absolute atomic E-state index is 0. The van der Waals surface area contributed by atoms with Crippen LogP contribution in [0.3, 0.4) is 0 Å². The second kappa shape index (κ2) is 15.7. The van der Waals surface area contributed by atoms with E-state index in [1.54, 1.807) is 44.3 Å². The Kier molecular flexibility index (Phi) is 12.7. The number of benzene rings is 2. The van der Waals surface area contributed by atoms with Crippen LogP contribution < -0.4 is 4.74 Å². The standard InChI is InChI=1S/C31H34F3N3O5.H2O/c1-19-14-24(27(15-20(19)2)29(35-4)30(38)39-5)18-42-36-21(3)28(37-40-6)23-10-12-26(13-11-23)41-17-22-8-7-9-25(16-22)31(32,33)34;/h7-13,16H,14-15,17-18H2,1-6H3;1H2/b35-29?,36-21+,37-28-;. The molecule has 0 bridgehead atoms. The second-order valence-electron chi connectivity index (χ2n) is 9.64. The normalized spacial score (nSPS) is 14.8. The van der Waals surface area contributed by atoms with Crippen LogP contribution in [0.4, 0.5) is 13.2 Å². The summed E-state index contributed by atoms with van der Waals surface area (Å²) in [5.74, 6) is -0.0398. The van der Waals surface area contributed by atoms with Crippen LogP contribution in [0.25, 0.3) is 0 Å². The molecule has 0 fully saturated rings. The number of halogens is 3. The summed E-state index contributed by atoms with van der Waals surface area (Å²) >= 11 is 0. The van der Waals surface area contributed by atoms with Crippen molar-refractivity contribution in [3.05, 3.63) is 87.5 Å². The molecule has 2 N–H and O–H groups in total. The molecule has 9 nitrogen and oxygen atoms in total. The van der Waals surface area contributed by atoms with E-state index >= 15 is 0 Å². The first-order valence-electron chi connectivity index (χ1n) is 13.1. The number of aliphatic imine (C=N–C) groups is 1. The Morgan fingerprint density at radius 2 is 1.60 bits per heavy atom. The van der Waals surface area contributed by atoms with Crippen LogP contribution in [0, 0.1) is 0 Å². The van der Waals surface area contributed by atoms with Gasteiger partial charge in [0.25, 0.3) is 0 Å². The quantitative estimate of drug-likeness (QED) is 0.138. The Morgan fingerprint density at radius 3 is 2.21 bits per heavy atom. The molecule has 0 unspecified atom stereocenters. The zero-order valence-electron chi connectivity index (χ0n) is 25.0. The Hall–Kier alpha value is -4.45. The van der Waals surface area contributed by atoms with Crippen LogP contribution in [-0.2, 0) is 32.0 Å². The summed E-state index contributed by atoms with van der Waals surface area (Å²) in [7, 11) is 4.28. The number of hydrogen-bond acceptors (Lipinski definition) is 8. The Bertz CT molecular complexity index is 1440. The summed E-state index contributed by atoms with van der Waals surface area (Å²) in [5.41, 5.74) is 5.45. The van der Waals surface area contributed by atoms with Gasteiger partial charge in [-0.1, -0.05) is 33.6 Å². The van der Waals surface area contributed by atoms with Crippen LogP contribution in [0.15, 0.2) is 86.1 Å². The van der Waals surface area contributed by atoms with E-state index in [0.29, 0.717) is 41.1 Å². The van der Waals surface area contributed by atoms with Crippen molar-refractivity contribution in [3.8, 4) is 5.75 Å². The van der Waals surface area contributed by atoms with Gasteiger partial charge in [0.1, 0.15) is 43.2 Å². The number of methoxy groups -OCH3 is 1. The maximum atomic E-state index is 13.0. The fraction of sp³-hybridized carbons (Fsp3) is 0.355. The molecule has 232 valence electrons. The zero-order valence-corrected chi connectivity index (χ0v) is 25.0. The van der Waals surface area contributed by atoms with Crippen molar-refractivity contribution in [1.82, 2.24) is 0 Å². The molecule has 43 heavy (non-hydrogen) atoms. The van der Waals surface area contributed by atoms with Crippen LogP contribution in [0.2, 0.25) is 0 Å². The average Bonchev–Trinajstić information content (AvgIpc) is 2.97. The number of carbonyl (C=O) groups is 1. The van der Waals surface area contributed by atoms with Gasteiger partial charge in [0.05, 0.1) is 12.7 Å². The van der Waals surface area contributed by atoms with Crippen molar-refractivity contribution in [3.63, 3.8) is 0 Å². The van der Waals surface area contributed by atoms with Gasteiger partial charge in [0.15, 0.2) is 0 Å². The highest BCUT2D eigenvalue weighted by Crippen LogP contribution is 2.32. The van der Waals surface area contributed by atoms with Crippen LogP contribution in [0.1, 0.15) is 50.3 Å². The molecule has 0 saturated heterocycles. The van der Waals surface area contributed by atoms with Crippen LogP contribution in [-0.4, -0.2) is 56.5 Å². The largest absolute Gasteiger partial charge is 0.489 e. The first-order chi connectivity index (χ1) is 20.0. The minimum atomic E-state index is -4.42. The van der Waals surface area contributed by atoms with Crippen molar-refractivity contribution in [2.24, 2.45) is 15.3 Å². The fourth-order valence-electron chi connectivity index (χ4n) is 4.34. The molecule has 3 rings (SSSR count). The number of nitrogens with zero attached hydrogens (tertiary/aromatic N) is 3. The molecule has 1 aliphatic carbocycles. The van der Waals surface area contributed by atoms with Crippen LogP contribution in [0.5, 0.6) is 5.75 Å². The van der Waals surface area contributed by atoms with E-state index in [1.807, 2.05) is 13.8 Å². The average molecular weight is 604 g/mol. The SMILES string of the molecule is CN=C(C(=O)OC)C1=C(CO/N=C(C)/C(=N/OC)c2ccc(OCc3cccc(C(F)(F)F)c3)cc2)CC(C)=C(C)C1.O. The predicted molar refractivity (Wildman–Crippen MR) is 158 cm³/mol. The van der Waals surface area contributed by atoms with E-state index in [0.717, 1.165) is 28.9 Å². The molecule has 2 aromatic carbocycles. The van der Waals surface area contributed by atoms with E-state index < -0.39 is 17.7 Å². The summed E-state index contributed by atoms with van der Waals surface area (Å²) in [6.45, 7) is 5.89. The second-order valence-corrected chi connectivity index (χ2v) is 9.64. The van der Waals surface area contributed by atoms with Crippen molar-refractivity contribution in [2.45, 2.75) is 46.4 Å². The number of hydrogen-bond donors (Lipinski definition) is 0. The molecule has 0 atom stereocenters. The molecule has 0 amide bonds. The monoisotopic (exact) mass is 603 g/mol. The van der Waals surface area contributed by atoms with Crippen LogP contribution >= 0.6 is 0 Å². The third-order valence-electron chi connectivity index (χ3n) is 6.72. The molecule has 0 aromatic heterocycles. The molecule has 0 spiro atoms. The molecule has 0 radical (unpaired) electrons. The highest BCUT2D eigenvalue weighted by molar-refractivity contribution is 6.47. The summed E-state index contributed by atoms with van der Waals surface area (Å²) in [5, 5.41) is 8.33. The van der Waals surface area contributed by atoms with Crippen molar-refractivity contribution < 1.29 is 42.6 Å². The summed E-state index contributed by atoms with van der Waals surface area (Å²) in [6.07, 6.45) is -3.24. The van der Waals surface area contributed by atoms with Gasteiger partial charge in [-0.3, -0.25) is 4.99 Å². The third kappa shape index (κ3) is 9.27. The molecular formula is C31H36F3N3O6. The number of ether oxygens (including phenoxy) is 2. The Labute approximate surface area is 248 Å². The molecule has 1 aliphatic rings. The molecule has 0 heterocycles. The third-order valence-corrected chi connectivity index (χ3v) is 6.72. The van der Waals surface area contributed by atoms with Gasteiger partial charge >= 0.3 is 12.1 Å². The lowest BCUT2D eigenvalue weighted by Gasteiger charge is -2.22. The van der Waals surface area contributed by atoms with Gasteiger partial charge in [0.2, 0.25) is 0 Å². The smallest absolute Gasteiger partial charge is 0.416 e. The number of alkyl halides is 3. The molecule has 12 heteroatoms. The number of esters is 1. The van der Waals surface area contributed by atoms with E-state index in [2.05, 4.69) is 15.3 Å². The van der Waals surface area contributed by atoms with E-state index in [-0.39, 0.29) is 24.4 Å². The van der Waals surface area contributed by atoms with E-state index in [4.69, 9.17) is 19.1 Å². The lowest BCUT2D eigenvalue weighted by Crippen LogP contribution is -2.23. The first kappa shape index (κ1) is 34.7. The highest BCUT2D eigenvalue weighted by atomic mass is 19.4. The van der Waals surface area contributed by atoms with Gasteiger partial charge in [0, 0.05) is 12.6 Å². The lowest BCUT2D eigenvalue weighted by atomic mass is 9.85. The molecular weight excluding hydrogens is 567 g/mol. The lowest BCUT2D eigenvalue weighted by molar-refractivity contribution is -0.137. The van der Waals surface area contributed by atoms with Gasteiger partial charge in [-0.15, -0.1) is 0 Å². The minimum Gasteiger partial charge on any atom is -0.489 e.